The van der Waals surface area contributed by atoms with E-state index < -0.39 is 4.92 Å². The van der Waals surface area contributed by atoms with Crippen LogP contribution in [0.2, 0.25) is 0 Å². The molecule has 0 spiro atoms. The van der Waals surface area contributed by atoms with E-state index in [0.717, 1.165) is 5.75 Å². The molecule has 162 valence electrons. The number of carbonyl (C=O) groups is 1. The number of ether oxygens (including phenoxy) is 1. The fourth-order valence-electron chi connectivity index (χ4n) is 3.22. The lowest BCUT2D eigenvalue weighted by Gasteiger charge is -2.11. The Morgan fingerprint density at radius 3 is 2.09 bits per heavy atom. The summed E-state index contributed by atoms with van der Waals surface area (Å²) in [6, 6.07) is 31.8. The quantitative estimate of drug-likeness (QED) is 0.154. The number of amides is 1. The lowest BCUT2D eigenvalue weighted by Crippen LogP contribution is -2.13. The number of benzene rings is 4. The fourth-order valence-corrected chi connectivity index (χ4v) is 3.22. The van der Waals surface area contributed by atoms with Gasteiger partial charge in [-0.25, -0.2) is 0 Å². The molecule has 0 aliphatic heterocycles. The second-order valence-corrected chi connectivity index (χ2v) is 7.17. The second kappa shape index (κ2) is 10.1. The minimum Gasteiger partial charge on any atom is -0.457 e. The molecule has 0 aliphatic rings. The highest BCUT2D eigenvalue weighted by Crippen LogP contribution is 2.25. The molecule has 0 unspecified atom stereocenters. The number of rotatable bonds is 7. The first-order chi connectivity index (χ1) is 16.1. The van der Waals surface area contributed by atoms with Crippen LogP contribution in [0.25, 0.3) is 11.6 Å². The van der Waals surface area contributed by atoms with Crippen LogP contribution in [-0.4, -0.2) is 10.8 Å². The van der Waals surface area contributed by atoms with E-state index in [-0.39, 0.29) is 11.6 Å². The van der Waals surface area contributed by atoms with Crippen molar-refractivity contribution in [2.75, 3.05) is 5.32 Å². The average molecular weight is 436 g/mol. The standard InChI is InChI=1S/C27H20N2O4/c30-27(28-22-14-16-25(17-15-22)33-24-12-5-2-6-13-24)26(21-9-3-1-4-10-21)19-20-8-7-11-23(18-20)29(31)32/h1-19H,(H,28,30)/b26-19+. The molecule has 0 saturated carbocycles. The van der Waals surface area contributed by atoms with E-state index in [1.54, 1.807) is 42.5 Å². The Bertz CT molecular complexity index is 1280. The van der Waals surface area contributed by atoms with Crippen LogP contribution in [0.3, 0.4) is 0 Å². The number of nitro benzene ring substituents is 1. The van der Waals surface area contributed by atoms with Gasteiger partial charge < -0.3 is 10.1 Å². The van der Waals surface area contributed by atoms with Crippen LogP contribution in [0.1, 0.15) is 11.1 Å². The van der Waals surface area contributed by atoms with Gasteiger partial charge in [0.2, 0.25) is 0 Å². The Morgan fingerprint density at radius 1 is 0.788 bits per heavy atom. The largest absolute Gasteiger partial charge is 0.457 e. The zero-order chi connectivity index (χ0) is 23.0. The summed E-state index contributed by atoms with van der Waals surface area (Å²) >= 11 is 0. The number of hydrogen-bond donors (Lipinski definition) is 1. The molecule has 1 amide bonds. The van der Waals surface area contributed by atoms with Gasteiger partial charge in [-0.2, -0.15) is 0 Å². The van der Waals surface area contributed by atoms with Crippen molar-refractivity contribution in [1.82, 2.24) is 0 Å². The number of nitro groups is 1. The first-order valence-corrected chi connectivity index (χ1v) is 10.2. The Balaban J connectivity index is 1.57. The molecule has 4 aromatic rings. The minimum atomic E-state index is -0.460. The lowest BCUT2D eigenvalue weighted by atomic mass is 10.0. The number of nitrogens with zero attached hydrogens (tertiary/aromatic N) is 1. The predicted octanol–water partition coefficient (Wildman–Crippen LogP) is 6.57. The Kier molecular flexibility index (Phi) is 6.56. The molecular weight excluding hydrogens is 416 g/mol. The summed E-state index contributed by atoms with van der Waals surface area (Å²) in [7, 11) is 0. The van der Waals surface area contributed by atoms with E-state index in [2.05, 4.69) is 5.32 Å². The van der Waals surface area contributed by atoms with Crippen molar-refractivity contribution in [1.29, 1.82) is 0 Å². The third kappa shape index (κ3) is 5.71. The molecule has 6 heteroatoms. The molecule has 4 aromatic carbocycles. The van der Waals surface area contributed by atoms with Gasteiger partial charge in [0.25, 0.3) is 11.6 Å². The highest BCUT2D eigenvalue weighted by atomic mass is 16.6. The molecule has 6 nitrogen and oxygen atoms in total. The fraction of sp³-hybridized carbons (Fsp3) is 0. The number of anilines is 1. The molecular formula is C27H20N2O4. The molecule has 0 aliphatic carbocycles. The van der Waals surface area contributed by atoms with Gasteiger partial charge in [0, 0.05) is 23.4 Å². The maximum Gasteiger partial charge on any atom is 0.270 e. The van der Waals surface area contributed by atoms with Crippen molar-refractivity contribution >= 4 is 28.9 Å². The Hall–Kier alpha value is -4.71. The van der Waals surface area contributed by atoms with Crippen LogP contribution in [0.15, 0.2) is 109 Å². The van der Waals surface area contributed by atoms with Crippen molar-refractivity contribution in [3.05, 3.63) is 130 Å². The first-order valence-electron chi connectivity index (χ1n) is 10.2. The van der Waals surface area contributed by atoms with Gasteiger partial charge in [-0.1, -0.05) is 60.7 Å². The van der Waals surface area contributed by atoms with Crippen LogP contribution in [-0.2, 0) is 4.79 Å². The normalized spacial score (nSPS) is 11.0. The number of non-ortho nitro benzene ring substituents is 1. The molecule has 1 N–H and O–H groups in total. The molecule has 0 saturated heterocycles. The molecule has 0 radical (unpaired) electrons. The highest BCUT2D eigenvalue weighted by molar-refractivity contribution is 6.29. The topological polar surface area (TPSA) is 81.5 Å². The SMILES string of the molecule is O=C(Nc1ccc(Oc2ccccc2)cc1)/C(=C/c1cccc([N+](=O)[O-])c1)c1ccccc1. The summed E-state index contributed by atoms with van der Waals surface area (Å²) in [5.41, 5.74) is 2.21. The summed E-state index contributed by atoms with van der Waals surface area (Å²) < 4.78 is 5.79. The third-order valence-corrected chi connectivity index (χ3v) is 4.81. The molecule has 0 fully saturated rings. The number of nitrogens with one attached hydrogen (secondary N) is 1. The summed E-state index contributed by atoms with van der Waals surface area (Å²) in [5.74, 6) is 1.04. The average Bonchev–Trinajstić information content (AvgIpc) is 2.85. The van der Waals surface area contributed by atoms with Gasteiger partial charge in [0.1, 0.15) is 11.5 Å². The van der Waals surface area contributed by atoms with Gasteiger partial charge in [-0.3, -0.25) is 14.9 Å². The molecule has 0 heterocycles. The van der Waals surface area contributed by atoms with Gasteiger partial charge in [0.15, 0.2) is 0 Å². The minimum absolute atomic E-state index is 0.0365. The van der Waals surface area contributed by atoms with Gasteiger partial charge >= 0.3 is 0 Å². The third-order valence-electron chi connectivity index (χ3n) is 4.81. The Morgan fingerprint density at radius 2 is 1.42 bits per heavy atom. The van der Waals surface area contributed by atoms with E-state index >= 15 is 0 Å². The summed E-state index contributed by atoms with van der Waals surface area (Å²) in [4.78, 5) is 23.8. The maximum atomic E-state index is 13.2. The highest BCUT2D eigenvalue weighted by Gasteiger charge is 2.14. The van der Waals surface area contributed by atoms with E-state index in [0.29, 0.717) is 28.1 Å². The van der Waals surface area contributed by atoms with Crippen molar-refractivity contribution < 1.29 is 14.5 Å². The van der Waals surface area contributed by atoms with Crippen LogP contribution in [0.4, 0.5) is 11.4 Å². The van der Waals surface area contributed by atoms with E-state index in [1.165, 1.54) is 12.1 Å². The molecule has 0 atom stereocenters. The van der Waals surface area contributed by atoms with E-state index in [1.807, 2.05) is 60.7 Å². The monoisotopic (exact) mass is 436 g/mol. The molecule has 0 bridgehead atoms. The number of para-hydroxylation sites is 1. The summed E-state index contributed by atoms with van der Waals surface area (Å²) in [6.45, 7) is 0. The Labute approximate surface area is 190 Å². The van der Waals surface area contributed by atoms with Gasteiger partial charge in [-0.15, -0.1) is 0 Å². The van der Waals surface area contributed by atoms with Crippen LogP contribution < -0.4 is 10.1 Å². The van der Waals surface area contributed by atoms with Crippen molar-refractivity contribution in [3.8, 4) is 11.5 Å². The molecule has 4 rings (SSSR count). The smallest absolute Gasteiger partial charge is 0.270 e. The van der Waals surface area contributed by atoms with Crippen molar-refractivity contribution in [3.63, 3.8) is 0 Å². The van der Waals surface area contributed by atoms with E-state index in [9.17, 15) is 14.9 Å². The summed E-state index contributed by atoms with van der Waals surface area (Å²) in [6.07, 6.45) is 1.64. The van der Waals surface area contributed by atoms with Gasteiger partial charge in [0.05, 0.1) is 4.92 Å². The maximum absolute atomic E-state index is 13.2. The zero-order valence-corrected chi connectivity index (χ0v) is 17.5. The van der Waals surface area contributed by atoms with Crippen LogP contribution in [0, 0.1) is 10.1 Å². The van der Waals surface area contributed by atoms with Crippen molar-refractivity contribution in [2.24, 2.45) is 0 Å². The predicted molar refractivity (Wildman–Crippen MR) is 129 cm³/mol. The van der Waals surface area contributed by atoms with Gasteiger partial charge in [-0.05, 0) is 53.6 Å². The first kappa shape index (κ1) is 21.5. The summed E-state index contributed by atoms with van der Waals surface area (Å²) in [5, 5.41) is 14.0. The number of hydrogen-bond acceptors (Lipinski definition) is 4. The zero-order valence-electron chi connectivity index (χ0n) is 17.5. The molecule has 33 heavy (non-hydrogen) atoms. The molecule has 0 aromatic heterocycles. The van der Waals surface area contributed by atoms with Crippen molar-refractivity contribution in [2.45, 2.75) is 0 Å². The lowest BCUT2D eigenvalue weighted by molar-refractivity contribution is -0.384. The van der Waals surface area contributed by atoms with Crippen LogP contribution in [0.5, 0.6) is 11.5 Å². The van der Waals surface area contributed by atoms with E-state index in [4.69, 9.17) is 4.74 Å². The second-order valence-electron chi connectivity index (χ2n) is 7.17. The van der Waals surface area contributed by atoms with Crippen LogP contribution >= 0.6 is 0 Å². The number of carbonyl (C=O) groups excluding carboxylic acids is 1.